The number of hydrogen-bond acceptors (Lipinski definition) is 6. The van der Waals surface area contributed by atoms with Crippen molar-refractivity contribution in [2.75, 3.05) is 6.61 Å². The number of thiocarbonyl (C=S) groups is 1. The molecule has 1 rings (SSSR count). The van der Waals surface area contributed by atoms with Gasteiger partial charge < -0.3 is 14.6 Å². The summed E-state index contributed by atoms with van der Waals surface area (Å²) in [5.41, 5.74) is 0.469. The van der Waals surface area contributed by atoms with Crippen molar-refractivity contribution in [1.82, 2.24) is 0 Å². The molecule has 0 unspecified atom stereocenters. The molecule has 26 heavy (non-hydrogen) atoms. The zero-order valence-electron chi connectivity index (χ0n) is 15.8. The minimum Gasteiger partial charge on any atom is -0.507 e. The molecule has 6 heteroatoms. The van der Waals surface area contributed by atoms with Crippen molar-refractivity contribution in [3.63, 3.8) is 0 Å². The molecule has 0 saturated carbocycles. The number of thioether (sulfide) groups is 1. The molecule has 1 aromatic heterocycles. The number of furan rings is 1. The van der Waals surface area contributed by atoms with Gasteiger partial charge in [-0.15, -0.1) is 12.8 Å². The van der Waals surface area contributed by atoms with Crippen molar-refractivity contribution >= 4 is 45.6 Å². The van der Waals surface area contributed by atoms with Crippen LogP contribution in [0.1, 0.15) is 46.1 Å². The maximum absolute atomic E-state index is 11.6. The summed E-state index contributed by atoms with van der Waals surface area (Å²) in [5.74, 6) is 0.773. The van der Waals surface area contributed by atoms with Crippen LogP contribution in [-0.2, 0) is 4.79 Å². The zero-order valence-corrected chi connectivity index (χ0v) is 17.4. The van der Waals surface area contributed by atoms with E-state index >= 15 is 0 Å². The fourth-order valence-electron chi connectivity index (χ4n) is 1.67. The third-order valence-corrected chi connectivity index (χ3v) is 3.78. The third kappa shape index (κ3) is 9.42. The predicted octanol–water partition coefficient (Wildman–Crippen LogP) is 5.40. The summed E-state index contributed by atoms with van der Waals surface area (Å²) in [7, 11) is 0. The average Bonchev–Trinajstić information content (AvgIpc) is 3.06. The van der Waals surface area contributed by atoms with Gasteiger partial charge in [-0.3, -0.25) is 4.79 Å². The molecule has 4 nitrogen and oxygen atoms in total. The first-order valence-corrected chi connectivity index (χ1v) is 9.12. The molecule has 0 aliphatic carbocycles. The standard InChI is InChI=1S/C16H18O4S2.C2H6.C2H2/c1-4-13(14(19)7-8-17)15-6-5-12(20-15)9-16(10(2)18)22-11(3)21;2*1-2/h4-7,9,17,19H,8H2,1-3H3;1-2H3;1-2H/b13-4+,14-7+,16-9-;;. The van der Waals surface area contributed by atoms with Gasteiger partial charge in [-0.2, -0.15) is 0 Å². The molecule has 1 aromatic rings. The number of carbonyl (C=O) groups excluding carboxylic acids is 1. The smallest absolute Gasteiger partial charge is 0.166 e. The van der Waals surface area contributed by atoms with Crippen LogP contribution in [-0.4, -0.2) is 26.8 Å². The highest BCUT2D eigenvalue weighted by molar-refractivity contribution is 8.26. The van der Waals surface area contributed by atoms with Crippen LogP contribution >= 0.6 is 24.0 Å². The van der Waals surface area contributed by atoms with Crippen molar-refractivity contribution in [3.8, 4) is 12.8 Å². The lowest BCUT2D eigenvalue weighted by atomic mass is 10.1. The summed E-state index contributed by atoms with van der Waals surface area (Å²) in [6.07, 6.45) is 12.6. The molecule has 0 aliphatic rings. The molecule has 0 aromatic carbocycles. The first-order valence-electron chi connectivity index (χ1n) is 7.90. The summed E-state index contributed by atoms with van der Waals surface area (Å²) < 4.78 is 6.27. The van der Waals surface area contributed by atoms with E-state index in [4.69, 9.17) is 21.7 Å². The second-order valence-corrected chi connectivity index (χ2v) is 6.46. The van der Waals surface area contributed by atoms with Gasteiger partial charge in [0.2, 0.25) is 0 Å². The lowest BCUT2D eigenvalue weighted by Gasteiger charge is -2.03. The Morgan fingerprint density at radius 3 is 2.31 bits per heavy atom. The molecule has 0 radical (unpaired) electrons. The van der Waals surface area contributed by atoms with E-state index in [0.717, 1.165) is 0 Å². The lowest BCUT2D eigenvalue weighted by Crippen LogP contribution is -1.94. The molecule has 1 heterocycles. The molecule has 0 amide bonds. The zero-order chi connectivity index (χ0) is 20.7. The first kappa shape index (κ1) is 26.2. The fourth-order valence-corrected chi connectivity index (χ4v) is 2.57. The number of carbonyl (C=O) groups is 1. The Morgan fingerprint density at radius 1 is 1.31 bits per heavy atom. The Morgan fingerprint density at radius 2 is 1.88 bits per heavy atom. The number of allylic oxidation sites excluding steroid dienone is 3. The van der Waals surface area contributed by atoms with Gasteiger partial charge in [-0.25, -0.2) is 0 Å². The highest BCUT2D eigenvalue weighted by Crippen LogP contribution is 2.27. The second-order valence-electron chi connectivity index (χ2n) is 4.33. The maximum atomic E-state index is 11.6. The van der Waals surface area contributed by atoms with E-state index in [9.17, 15) is 9.90 Å². The van der Waals surface area contributed by atoms with Gasteiger partial charge in [0, 0.05) is 4.20 Å². The Hall–Kier alpha value is -2.07. The fraction of sp³-hybridized carbons (Fsp3) is 0.300. The van der Waals surface area contributed by atoms with Gasteiger partial charge in [0.15, 0.2) is 5.78 Å². The van der Waals surface area contributed by atoms with Crippen LogP contribution < -0.4 is 0 Å². The van der Waals surface area contributed by atoms with Crippen molar-refractivity contribution in [1.29, 1.82) is 0 Å². The largest absolute Gasteiger partial charge is 0.507 e. The van der Waals surface area contributed by atoms with Gasteiger partial charge in [-0.1, -0.05) is 43.9 Å². The van der Waals surface area contributed by atoms with Crippen molar-refractivity contribution in [2.45, 2.75) is 34.6 Å². The van der Waals surface area contributed by atoms with Crippen LogP contribution in [0.15, 0.2) is 39.4 Å². The third-order valence-electron chi connectivity index (χ3n) is 2.62. The van der Waals surface area contributed by atoms with Gasteiger partial charge in [-0.05, 0) is 45.1 Å². The number of terminal acetylenes is 1. The van der Waals surface area contributed by atoms with E-state index in [1.165, 1.54) is 24.8 Å². The van der Waals surface area contributed by atoms with E-state index in [-0.39, 0.29) is 18.1 Å². The van der Waals surface area contributed by atoms with E-state index in [0.29, 0.717) is 26.2 Å². The molecule has 0 atom stereocenters. The van der Waals surface area contributed by atoms with Crippen LogP contribution in [0.4, 0.5) is 0 Å². The lowest BCUT2D eigenvalue weighted by molar-refractivity contribution is -0.112. The normalized spacial score (nSPS) is 11.6. The molecule has 0 aliphatic heterocycles. The molecule has 2 N–H and O–H groups in total. The number of hydrogen-bond donors (Lipinski definition) is 2. The quantitative estimate of drug-likeness (QED) is 0.221. The SMILES string of the molecule is C#C.C/C=C(\C(O)=C/CO)c1ccc(/C=C(\SC(C)=S)C(C)=O)o1.CC. The number of rotatable bonds is 6. The Balaban J connectivity index is 0. The number of ketones is 1. The van der Waals surface area contributed by atoms with E-state index in [1.807, 2.05) is 13.8 Å². The van der Waals surface area contributed by atoms with E-state index in [2.05, 4.69) is 12.8 Å². The molecular formula is C20H26O4S2. The van der Waals surface area contributed by atoms with Gasteiger partial charge in [0.25, 0.3) is 0 Å². The van der Waals surface area contributed by atoms with E-state index in [1.54, 1.807) is 38.1 Å². The molecule has 0 spiro atoms. The van der Waals surface area contributed by atoms with Crippen LogP contribution in [0.5, 0.6) is 0 Å². The number of Topliss-reactive ketones (excluding diaryl/α,β-unsaturated/α-hetero) is 1. The molecular weight excluding hydrogens is 368 g/mol. The van der Waals surface area contributed by atoms with Crippen molar-refractivity contribution in [3.05, 3.63) is 46.5 Å². The first-order chi connectivity index (χ1) is 12.4. The minimum atomic E-state index is -0.268. The molecule has 142 valence electrons. The van der Waals surface area contributed by atoms with Crippen LogP contribution in [0.3, 0.4) is 0 Å². The van der Waals surface area contributed by atoms with Crippen molar-refractivity contribution < 1.29 is 19.4 Å². The average molecular weight is 395 g/mol. The predicted molar refractivity (Wildman–Crippen MR) is 116 cm³/mol. The topological polar surface area (TPSA) is 70.7 Å². The number of aliphatic hydroxyl groups excluding tert-OH is 2. The summed E-state index contributed by atoms with van der Waals surface area (Å²) in [6.45, 7) is 8.70. The highest BCUT2D eigenvalue weighted by Gasteiger charge is 2.12. The van der Waals surface area contributed by atoms with Crippen LogP contribution in [0.2, 0.25) is 0 Å². The molecule has 0 fully saturated rings. The van der Waals surface area contributed by atoms with Gasteiger partial charge >= 0.3 is 0 Å². The monoisotopic (exact) mass is 394 g/mol. The minimum absolute atomic E-state index is 0.0641. The molecule has 0 bridgehead atoms. The highest BCUT2D eigenvalue weighted by atomic mass is 32.2. The second kappa shape index (κ2) is 15.2. The van der Waals surface area contributed by atoms with Gasteiger partial charge in [0.1, 0.15) is 17.3 Å². The Bertz CT molecular complexity index is 692. The van der Waals surface area contributed by atoms with E-state index < -0.39 is 0 Å². The summed E-state index contributed by atoms with van der Waals surface area (Å²) in [5, 5.41) is 18.7. The van der Waals surface area contributed by atoms with Crippen LogP contribution in [0.25, 0.3) is 11.6 Å². The summed E-state index contributed by atoms with van der Waals surface area (Å²) in [6, 6.07) is 3.39. The van der Waals surface area contributed by atoms with Crippen molar-refractivity contribution in [2.24, 2.45) is 0 Å². The maximum Gasteiger partial charge on any atom is 0.166 e. The Kier molecular flexibility index (Phi) is 15.3. The Labute approximate surface area is 165 Å². The van der Waals surface area contributed by atoms with Gasteiger partial charge in [0.05, 0.1) is 17.1 Å². The van der Waals surface area contributed by atoms with Crippen LogP contribution in [0, 0.1) is 12.8 Å². The summed E-state index contributed by atoms with van der Waals surface area (Å²) >= 11 is 6.22. The summed E-state index contributed by atoms with van der Waals surface area (Å²) in [4.78, 5) is 12.1. The molecule has 0 saturated heterocycles. The number of aliphatic hydroxyl groups is 2.